The zero-order chi connectivity index (χ0) is 29.1. The fourth-order valence-electron chi connectivity index (χ4n) is 4.81. The fraction of sp³-hybridized carbons (Fsp3) is 0.529. The van der Waals surface area contributed by atoms with Gasteiger partial charge in [-0.05, 0) is 30.7 Å². The molecule has 3 aromatic rings. The van der Waals surface area contributed by atoms with E-state index in [9.17, 15) is 4.79 Å². The number of rotatable bonds is 21. The van der Waals surface area contributed by atoms with Gasteiger partial charge in [0.15, 0.2) is 30.8 Å². The van der Waals surface area contributed by atoms with Crippen LogP contribution in [-0.4, -0.2) is 26.2 Å². The molecule has 1 heterocycles. The fourth-order valence-corrected chi connectivity index (χ4v) is 5.48. The summed E-state index contributed by atoms with van der Waals surface area (Å²) < 4.78 is 19.5. The summed E-state index contributed by atoms with van der Waals surface area (Å²) in [5.74, 6) is 1.67. The van der Waals surface area contributed by atoms with Crippen molar-refractivity contribution in [2.45, 2.75) is 97.4 Å². The van der Waals surface area contributed by atoms with Crippen molar-refractivity contribution in [1.29, 1.82) is 0 Å². The molecule has 1 amide bonds. The molecule has 6 nitrogen and oxygen atoms in total. The zero-order valence-corrected chi connectivity index (χ0v) is 28.1. The molecule has 1 aromatic heterocycles. The van der Waals surface area contributed by atoms with Crippen LogP contribution in [0.5, 0.6) is 17.2 Å². The largest absolute Gasteiger partial charge is 1.00 e. The molecule has 0 aliphatic carbocycles. The van der Waals surface area contributed by atoms with E-state index < -0.39 is 0 Å². The van der Waals surface area contributed by atoms with Gasteiger partial charge in [-0.2, -0.15) is 4.57 Å². The average Bonchev–Trinajstić information content (AvgIpc) is 3.38. The van der Waals surface area contributed by atoms with Crippen molar-refractivity contribution in [1.82, 2.24) is 0 Å². The van der Waals surface area contributed by atoms with E-state index >= 15 is 0 Å². The van der Waals surface area contributed by atoms with Crippen molar-refractivity contribution in [2.24, 2.45) is 0 Å². The van der Waals surface area contributed by atoms with Gasteiger partial charge >= 0.3 is 0 Å². The molecule has 1 N–H and O–H groups in total. The van der Waals surface area contributed by atoms with Gasteiger partial charge in [-0.3, -0.25) is 4.79 Å². The maximum Gasteiger partial charge on any atom is 0.262 e. The second-order valence-corrected chi connectivity index (χ2v) is 11.7. The summed E-state index contributed by atoms with van der Waals surface area (Å²) in [5.41, 5.74) is 1.88. The third-order valence-corrected chi connectivity index (χ3v) is 8.04. The van der Waals surface area contributed by atoms with Crippen molar-refractivity contribution < 1.29 is 40.6 Å². The highest BCUT2D eigenvalue weighted by molar-refractivity contribution is 7.09. The molecule has 0 radical (unpaired) electrons. The lowest BCUT2D eigenvalue weighted by Gasteiger charge is -2.13. The van der Waals surface area contributed by atoms with Crippen molar-refractivity contribution in [3.63, 3.8) is 0 Å². The zero-order valence-electron chi connectivity index (χ0n) is 25.7. The summed E-state index contributed by atoms with van der Waals surface area (Å²) in [6.45, 7) is 5.68. The van der Waals surface area contributed by atoms with Crippen molar-refractivity contribution in [3.05, 3.63) is 64.6 Å². The third-order valence-electron chi connectivity index (χ3n) is 7.21. The Morgan fingerprint density at radius 2 is 1.55 bits per heavy atom. The molecule has 0 bridgehead atoms. The number of ether oxygens (including phenoxy) is 3. The molecule has 0 spiro atoms. The smallest absolute Gasteiger partial charge is 0.262 e. The number of thiazole rings is 1. The number of hydrogen-bond donors (Lipinski definition) is 1. The SMILES string of the molecule is CCCCCCCCCCCCCCOc1cc(OCC(=O)Nc2cccc(C[n+]3ccsc3C)c2)ccc1OC.[Br-]. The van der Waals surface area contributed by atoms with Gasteiger partial charge in [-0.1, -0.05) is 101 Å². The normalized spacial score (nSPS) is 10.6. The predicted molar refractivity (Wildman–Crippen MR) is 168 cm³/mol. The maximum absolute atomic E-state index is 12.6. The average molecular weight is 662 g/mol. The molecule has 8 heteroatoms. The highest BCUT2D eigenvalue weighted by Gasteiger charge is 2.11. The molecule has 232 valence electrons. The van der Waals surface area contributed by atoms with Gasteiger partial charge in [0.05, 0.1) is 19.1 Å². The Labute approximate surface area is 267 Å². The minimum absolute atomic E-state index is 0. The Kier molecular flexibility index (Phi) is 17.9. The van der Waals surface area contributed by atoms with Crippen LogP contribution >= 0.6 is 11.3 Å². The Hall–Kier alpha value is -2.58. The monoisotopic (exact) mass is 660 g/mol. The van der Waals surface area contributed by atoms with Gasteiger partial charge in [0.2, 0.25) is 5.01 Å². The van der Waals surface area contributed by atoms with Crippen molar-refractivity contribution in [2.75, 3.05) is 25.6 Å². The van der Waals surface area contributed by atoms with E-state index in [1.807, 2.05) is 24.3 Å². The topological polar surface area (TPSA) is 60.7 Å². The maximum atomic E-state index is 12.6. The Morgan fingerprint density at radius 1 is 0.857 bits per heavy atom. The Balaban J connectivity index is 0.00000616. The molecular weight excluding hydrogens is 612 g/mol. The Morgan fingerprint density at radius 3 is 2.19 bits per heavy atom. The molecule has 0 aliphatic heterocycles. The summed E-state index contributed by atoms with van der Waals surface area (Å²) in [7, 11) is 1.63. The quantitative estimate of drug-likeness (QED) is 0.121. The number of nitrogens with one attached hydrogen (secondary N) is 1. The van der Waals surface area contributed by atoms with E-state index in [-0.39, 0.29) is 29.5 Å². The van der Waals surface area contributed by atoms with Crippen LogP contribution in [0.1, 0.15) is 94.5 Å². The van der Waals surface area contributed by atoms with E-state index in [0.717, 1.165) is 24.2 Å². The number of hydrogen-bond acceptors (Lipinski definition) is 5. The van der Waals surface area contributed by atoms with E-state index in [1.54, 1.807) is 30.6 Å². The van der Waals surface area contributed by atoms with Crippen molar-refractivity contribution in [3.8, 4) is 17.2 Å². The first kappa shape index (κ1) is 35.6. The standard InChI is InChI=1S/C34H48N2O4S.BrH/c1-4-5-6-7-8-9-10-11-12-13-14-15-22-39-33-25-31(19-20-32(33)38-3)40-27-34(37)35-30-18-16-17-29(24-30)26-36-21-23-41-28(36)2;/h16-21,23-25H,4-15,22,26-27H2,1-3H3;1H. The van der Waals surface area contributed by atoms with Gasteiger partial charge in [0, 0.05) is 24.2 Å². The lowest BCUT2D eigenvalue weighted by molar-refractivity contribution is -0.689. The van der Waals surface area contributed by atoms with E-state index in [4.69, 9.17) is 14.2 Å². The number of benzene rings is 2. The molecule has 0 saturated heterocycles. The van der Waals surface area contributed by atoms with Crippen LogP contribution in [0.3, 0.4) is 0 Å². The molecular formula is C34H49BrN2O4S. The molecule has 2 aromatic carbocycles. The minimum atomic E-state index is -0.212. The molecule has 0 fully saturated rings. The summed E-state index contributed by atoms with van der Waals surface area (Å²) in [6.07, 6.45) is 17.8. The lowest BCUT2D eigenvalue weighted by atomic mass is 10.1. The van der Waals surface area contributed by atoms with Gasteiger partial charge in [-0.25, -0.2) is 0 Å². The number of unbranched alkanes of at least 4 members (excludes halogenated alkanes) is 11. The highest BCUT2D eigenvalue weighted by Crippen LogP contribution is 2.31. The number of carbonyl (C=O) groups is 1. The van der Waals surface area contributed by atoms with Crippen LogP contribution in [0, 0.1) is 6.92 Å². The number of anilines is 1. The number of aromatic nitrogens is 1. The van der Waals surface area contributed by atoms with Gasteiger partial charge < -0.3 is 36.5 Å². The van der Waals surface area contributed by atoms with Crippen LogP contribution in [0.15, 0.2) is 54.0 Å². The molecule has 0 saturated carbocycles. The number of amides is 1. The van der Waals surface area contributed by atoms with E-state index in [1.165, 1.54) is 75.6 Å². The van der Waals surface area contributed by atoms with E-state index in [2.05, 4.69) is 41.4 Å². The summed E-state index contributed by atoms with van der Waals surface area (Å²) in [4.78, 5) is 12.6. The first-order valence-corrected chi connectivity index (χ1v) is 16.2. The van der Waals surface area contributed by atoms with Crippen LogP contribution < -0.4 is 41.1 Å². The second-order valence-electron chi connectivity index (χ2n) is 10.6. The molecule has 0 unspecified atom stereocenters. The van der Waals surface area contributed by atoms with Crippen LogP contribution in [0.25, 0.3) is 0 Å². The van der Waals surface area contributed by atoms with Crippen molar-refractivity contribution >= 4 is 22.9 Å². The Bertz CT molecular complexity index is 1170. The summed E-state index contributed by atoms with van der Waals surface area (Å²) >= 11 is 1.72. The van der Waals surface area contributed by atoms with Crippen LogP contribution in [0.4, 0.5) is 5.69 Å². The van der Waals surface area contributed by atoms with Gasteiger partial charge in [0.25, 0.3) is 5.91 Å². The lowest BCUT2D eigenvalue weighted by Crippen LogP contribution is -3.00. The highest BCUT2D eigenvalue weighted by atomic mass is 79.9. The molecule has 0 atom stereocenters. The number of nitrogens with zero attached hydrogens (tertiary/aromatic N) is 1. The van der Waals surface area contributed by atoms with Gasteiger partial charge in [0.1, 0.15) is 5.75 Å². The number of carbonyl (C=O) groups excluding carboxylic acids is 1. The summed E-state index contributed by atoms with van der Waals surface area (Å²) in [5, 5.41) is 6.25. The van der Waals surface area contributed by atoms with Crippen LogP contribution in [-0.2, 0) is 11.3 Å². The first-order chi connectivity index (χ1) is 20.1. The van der Waals surface area contributed by atoms with E-state index in [0.29, 0.717) is 23.9 Å². The second kappa shape index (κ2) is 21.2. The minimum Gasteiger partial charge on any atom is -1.00 e. The molecule has 42 heavy (non-hydrogen) atoms. The molecule has 0 aliphatic rings. The van der Waals surface area contributed by atoms with Gasteiger partial charge in [-0.15, -0.1) is 0 Å². The number of aryl methyl sites for hydroxylation is 1. The first-order valence-electron chi connectivity index (χ1n) is 15.3. The summed E-state index contributed by atoms with van der Waals surface area (Å²) in [6, 6.07) is 13.3. The number of methoxy groups -OCH3 is 1. The van der Waals surface area contributed by atoms with Crippen LogP contribution in [0.2, 0.25) is 0 Å². The molecule has 3 rings (SSSR count). The predicted octanol–water partition coefficient (Wildman–Crippen LogP) is 5.50. The number of halogens is 1. The third kappa shape index (κ3) is 13.6.